The molecule has 1 aromatic heterocycles. The summed E-state index contributed by atoms with van der Waals surface area (Å²) in [5, 5.41) is 0.736. The third-order valence-corrected chi connectivity index (χ3v) is 4.12. The molecule has 3 rings (SSSR count). The number of rotatable bonds is 3. The summed E-state index contributed by atoms with van der Waals surface area (Å²) in [5.74, 6) is 1.14. The van der Waals surface area contributed by atoms with Crippen molar-refractivity contribution in [2.75, 3.05) is 6.54 Å². The van der Waals surface area contributed by atoms with Crippen LogP contribution in [-0.4, -0.2) is 16.1 Å². The van der Waals surface area contributed by atoms with Crippen LogP contribution in [0.25, 0.3) is 11.0 Å². The summed E-state index contributed by atoms with van der Waals surface area (Å²) in [6.45, 7) is 5.05. The Morgan fingerprint density at radius 1 is 1.44 bits per heavy atom. The number of halogens is 1. The predicted octanol–water partition coefficient (Wildman–Crippen LogP) is 3.26. The molecule has 0 radical (unpaired) electrons. The van der Waals surface area contributed by atoms with Crippen LogP contribution >= 0.6 is 11.6 Å². The molecule has 0 unspecified atom stereocenters. The quantitative estimate of drug-likeness (QED) is 0.924. The number of aromatic nitrogens is 2. The van der Waals surface area contributed by atoms with Crippen molar-refractivity contribution < 1.29 is 0 Å². The third kappa shape index (κ3) is 1.65. The molecule has 0 amide bonds. The van der Waals surface area contributed by atoms with Crippen molar-refractivity contribution in [1.82, 2.24) is 9.55 Å². The van der Waals surface area contributed by atoms with Gasteiger partial charge in [0.05, 0.1) is 11.0 Å². The van der Waals surface area contributed by atoms with Crippen LogP contribution in [0.15, 0.2) is 18.2 Å². The molecule has 1 saturated carbocycles. The van der Waals surface area contributed by atoms with Gasteiger partial charge in [0.15, 0.2) is 0 Å². The van der Waals surface area contributed by atoms with E-state index in [0.29, 0.717) is 12.6 Å². The number of nitrogens with zero attached hydrogens (tertiary/aromatic N) is 2. The Balaban J connectivity index is 2.27. The Morgan fingerprint density at radius 2 is 2.17 bits per heavy atom. The van der Waals surface area contributed by atoms with Crippen molar-refractivity contribution in [2.24, 2.45) is 5.73 Å². The van der Waals surface area contributed by atoms with E-state index in [2.05, 4.69) is 24.5 Å². The van der Waals surface area contributed by atoms with Crippen LogP contribution < -0.4 is 5.73 Å². The summed E-state index contributed by atoms with van der Waals surface area (Å²) in [6.07, 6.45) is 2.29. The fraction of sp³-hybridized carbons (Fsp3) is 0.500. The number of benzene rings is 1. The smallest absolute Gasteiger partial charge is 0.117 e. The van der Waals surface area contributed by atoms with Crippen LogP contribution in [0.1, 0.15) is 38.6 Å². The Kier molecular flexibility index (Phi) is 2.65. The van der Waals surface area contributed by atoms with Gasteiger partial charge in [0.1, 0.15) is 5.82 Å². The lowest BCUT2D eigenvalue weighted by Gasteiger charge is -2.18. The van der Waals surface area contributed by atoms with E-state index in [1.165, 1.54) is 0 Å². The van der Waals surface area contributed by atoms with Gasteiger partial charge in [0.25, 0.3) is 0 Å². The number of hydrogen-bond acceptors (Lipinski definition) is 2. The number of hydrogen-bond donors (Lipinski definition) is 1. The second kappa shape index (κ2) is 3.97. The zero-order valence-corrected chi connectivity index (χ0v) is 11.5. The second-order valence-corrected chi connectivity index (χ2v) is 5.95. The standard InChI is InChI=1S/C14H18ClN3/c1-9(2)18-12-4-3-10(15)7-11(12)17-13(18)14(8-16)5-6-14/h3-4,7,9H,5-6,8,16H2,1-2H3. The molecular formula is C14H18ClN3. The molecule has 1 heterocycles. The lowest BCUT2D eigenvalue weighted by atomic mass is 10.1. The van der Waals surface area contributed by atoms with Gasteiger partial charge in [0.2, 0.25) is 0 Å². The van der Waals surface area contributed by atoms with Crippen molar-refractivity contribution in [3.63, 3.8) is 0 Å². The average molecular weight is 264 g/mol. The van der Waals surface area contributed by atoms with Crippen LogP contribution in [0.5, 0.6) is 0 Å². The van der Waals surface area contributed by atoms with E-state index < -0.39 is 0 Å². The Morgan fingerprint density at radius 3 is 2.72 bits per heavy atom. The minimum atomic E-state index is 0.107. The molecule has 0 spiro atoms. The molecule has 96 valence electrons. The van der Waals surface area contributed by atoms with Gasteiger partial charge in [0, 0.05) is 23.0 Å². The summed E-state index contributed by atoms with van der Waals surface area (Å²) in [4.78, 5) is 4.80. The van der Waals surface area contributed by atoms with E-state index in [1.54, 1.807) is 0 Å². The van der Waals surface area contributed by atoms with Crippen molar-refractivity contribution in [2.45, 2.75) is 38.1 Å². The van der Waals surface area contributed by atoms with Crippen molar-refractivity contribution in [1.29, 1.82) is 0 Å². The van der Waals surface area contributed by atoms with Gasteiger partial charge >= 0.3 is 0 Å². The molecular weight excluding hydrogens is 246 g/mol. The van der Waals surface area contributed by atoms with Crippen molar-refractivity contribution >= 4 is 22.6 Å². The third-order valence-electron chi connectivity index (χ3n) is 3.89. The molecule has 18 heavy (non-hydrogen) atoms. The minimum Gasteiger partial charge on any atom is -0.329 e. The molecule has 2 aromatic rings. The highest BCUT2D eigenvalue weighted by Crippen LogP contribution is 2.48. The van der Waals surface area contributed by atoms with Crippen LogP contribution in [0.4, 0.5) is 0 Å². The van der Waals surface area contributed by atoms with Crippen LogP contribution in [0, 0.1) is 0 Å². The summed E-state index contributed by atoms with van der Waals surface area (Å²) < 4.78 is 2.31. The number of fused-ring (bicyclic) bond motifs is 1. The van der Waals surface area contributed by atoms with Gasteiger partial charge in [-0.3, -0.25) is 0 Å². The Labute approximate surface area is 112 Å². The first kappa shape index (κ1) is 12.0. The maximum absolute atomic E-state index is 6.05. The number of nitrogens with two attached hydrogens (primary N) is 1. The highest BCUT2D eigenvalue weighted by molar-refractivity contribution is 6.31. The fourth-order valence-electron chi connectivity index (χ4n) is 2.64. The minimum absolute atomic E-state index is 0.107. The number of imidazole rings is 1. The van der Waals surface area contributed by atoms with E-state index in [-0.39, 0.29) is 5.41 Å². The molecule has 1 aliphatic carbocycles. The summed E-state index contributed by atoms with van der Waals surface area (Å²) in [7, 11) is 0. The van der Waals surface area contributed by atoms with E-state index in [1.807, 2.05) is 12.1 Å². The molecule has 4 heteroatoms. The molecule has 1 aromatic carbocycles. The molecule has 1 fully saturated rings. The van der Waals surface area contributed by atoms with E-state index in [9.17, 15) is 0 Å². The SMILES string of the molecule is CC(C)n1c(C2(CN)CC2)nc2cc(Cl)ccc21. The molecule has 0 saturated heterocycles. The monoisotopic (exact) mass is 263 g/mol. The van der Waals surface area contributed by atoms with Gasteiger partial charge in [-0.1, -0.05) is 11.6 Å². The van der Waals surface area contributed by atoms with Gasteiger partial charge in [-0.25, -0.2) is 4.98 Å². The zero-order chi connectivity index (χ0) is 12.9. The van der Waals surface area contributed by atoms with Gasteiger partial charge in [-0.05, 0) is 44.9 Å². The van der Waals surface area contributed by atoms with E-state index in [4.69, 9.17) is 22.3 Å². The first-order chi connectivity index (χ1) is 8.57. The van der Waals surface area contributed by atoms with Crippen LogP contribution in [0.3, 0.4) is 0 Å². The predicted molar refractivity (Wildman–Crippen MR) is 75.1 cm³/mol. The lowest BCUT2D eigenvalue weighted by molar-refractivity contribution is 0.530. The maximum atomic E-state index is 6.05. The molecule has 3 nitrogen and oxygen atoms in total. The first-order valence-corrected chi connectivity index (χ1v) is 6.83. The highest BCUT2D eigenvalue weighted by atomic mass is 35.5. The average Bonchev–Trinajstić information content (AvgIpc) is 3.03. The molecule has 1 aliphatic rings. The van der Waals surface area contributed by atoms with Gasteiger partial charge in [-0.15, -0.1) is 0 Å². The van der Waals surface area contributed by atoms with Crippen molar-refractivity contribution in [3.8, 4) is 0 Å². The highest BCUT2D eigenvalue weighted by Gasteiger charge is 2.47. The largest absolute Gasteiger partial charge is 0.329 e. The Bertz CT molecular complexity index is 596. The van der Waals surface area contributed by atoms with Crippen LogP contribution in [0.2, 0.25) is 5.02 Å². The normalized spacial score (nSPS) is 17.6. The van der Waals surface area contributed by atoms with E-state index in [0.717, 1.165) is 34.7 Å². The fourth-order valence-corrected chi connectivity index (χ4v) is 2.80. The topological polar surface area (TPSA) is 43.8 Å². The van der Waals surface area contributed by atoms with Crippen LogP contribution in [-0.2, 0) is 5.41 Å². The van der Waals surface area contributed by atoms with Crippen molar-refractivity contribution in [3.05, 3.63) is 29.0 Å². The zero-order valence-electron chi connectivity index (χ0n) is 10.8. The molecule has 0 atom stereocenters. The Hall–Kier alpha value is -1.06. The summed E-state index contributed by atoms with van der Waals surface area (Å²) in [6, 6.07) is 6.30. The summed E-state index contributed by atoms with van der Waals surface area (Å²) >= 11 is 6.05. The lowest BCUT2D eigenvalue weighted by Crippen LogP contribution is -2.25. The van der Waals surface area contributed by atoms with Gasteiger partial charge in [-0.2, -0.15) is 0 Å². The second-order valence-electron chi connectivity index (χ2n) is 5.52. The first-order valence-electron chi connectivity index (χ1n) is 6.45. The summed E-state index contributed by atoms with van der Waals surface area (Å²) in [5.41, 5.74) is 8.18. The maximum Gasteiger partial charge on any atom is 0.117 e. The molecule has 0 aliphatic heterocycles. The van der Waals surface area contributed by atoms with Gasteiger partial charge < -0.3 is 10.3 Å². The van der Waals surface area contributed by atoms with E-state index >= 15 is 0 Å². The molecule has 0 bridgehead atoms. The molecule has 2 N–H and O–H groups in total.